The van der Waals surface area contributed by atoms with Crippen LogP contribution in [0.4, 0.5) is 8.78 Å². The fourth-order valence-electron chi connectivity index (χ4n) is 2.29. The van der Waals surface area contributed by atoms with Crippen molar-refractivity contribution in [3.63, 3.8) is 0 Å². The molecule has 2 aromatic carbocycles. The van der Waals surface area contributed by atoms with Crippen LogP contribution in [-0.4, -0.2) is 0 Å². The highest BCUT2D eigenvalue weighted by Gasteiger charge is 2.15. The fraction of sp³-hybridized carbons (Fsp3) is 0.294. The van der Waals surface area contributed by atoms with Crippen LogP contribution >= 0.6 is 0 Å². The molecule has 0 amide bonds. The zero-order valence-electron chi connectivity index (χ0n) is 12.0. The van der Waals surface area contributed by atoms with E-state index in [1.54, 1.807) is 6.92 Å². The van der Waals surface area contributed by atoms with E-state index >= 15 is 0 Å². The molecule has 2 rings (SSSR count). The third-order valence-corrected chi connectivity index (χ3v) is 3.75. The summed E-state index contributed by atoms with van der Waals surface area (Å²) in [7, 11) is 0. The normalized spacial score (nSPS) is 12.4. The molecule has 3 heteroatoms. The van der Waals surface area contributed by atoms with E-state index in [1.807, 2.05) is 12.1 Å². The van der Waals surface area contributed by atoms with Gasteiger partial charge in [-0.2, -0.15) is 0 Å². The van der Waals surface area contributed by atoms with E-state index in [0.29, 0.717) is 6.54 Å². The van der Waals surface area contributed by atoms with Gasteiger partial charge in [0.25, 0.3) is 0 Å². The molecule has 0 saturated carbocycles. The van der Waals surface area contributed by atoms with Crippen LogP contribution < -0.4 is 5.32 Å². The third kappa shape index (κ3) is 3.05. The van der Waals surface area contributed by atoms with Gasteiger partial charge in [0.1, 0.15) is 11.6 Å². The molecule has 1 N–H and O–H groups in total. The Labute approximate surface area is 118 Å². The van der Waals surface area contributed by atoms with Crippen molar-refractivity contribution < 1.29 is 8.78 Å². The standard InChI is InChI=1S/C17H19F2N/c1-11-6-4-7-14(12(11)2)10-20-13(3)17-15(18)8-5-9-16(17)19/h4-9,13,20H,10H2,1-3H3. The first-order valence-corrected chi connectivity index (χ1v) is 6.73. The zero-order chi connectivity index (χ0) is 14.7. The summed E-state index contributed by atoms with van der Waals surface area (Å²) in [4.78, 5) is 0. The summed E-state index contributed by atoms with van der Waals surface area (Å²) in [6.45, 7) is 6.47. The molecular weight excluding hydrogens is 256 g/mol. The molecule has 0 aromatic heterocycles. The molecular formula is C17H19F2N. The molecule has 20 heavy (non-hydrogen) atoms. The minimum absolute atomic E-state index is 0.0952. The van der Waals surface area contributed by atoms with E-state index in [1.165, 1.54) is 29.3 Å². The smallest absolute Gasteiger partial charge is 0.130 e. The Balaban J connectivity index is 2.13. The van der Waals surface area contributed by atoms with Gasteiger partial charge >= 0.3 is 0 Å². The van der Waals surface area contributed by atoms with Gasteiger partial charge in [0, 0.05) is 18.2 Å². The molecule has 1 atom stereocenters. The Morgan fingerprint density at radius 3 is 2.25 bits per heavy atom. The molecule has 0 aliphatic carbocycles. The van der Waals surface area contributed by atoms with Crippen molar-refractivity contribution in [3.8, 4) is 0 Å². The summed E-state index contributed by atoms with van der Waals surface area (Å²) in [6.07, 6.45) is 0. The molecule has 2 aromatic rings. The summed E-state index contributed by atoms with van der Waals surface area (Å²) in [5.74, 6) is -1.02. The van der Waals surface area contributed by atoms with Crippen molar-refractivity contribution >= 4 is 0 Å². The lowest BCUT2D eigenvalue weighted by molar-refractivity contribution is 0.487. The van der Waals surface area contributed by atoms with Crippen molar-refractivity contribution in [2.75, 3.05) is 0 Å². The summed E-state index contributed by atoms with van der Waals surface area (Å²) >= 11 is 0. The number of nitrogens with one attached hydrogen (secondary N) is 1. The second kappa shape index (κ2) is 6.14. The zero-order valence-corrected chi connectivity index (χ0v) is 12.0. The van der Waals surface area contributed by atoms with Crippen molar-refractivity contribution in [2.24, 2.45) is 0 Å². The first-order valence-electron chi connectivity index (χ1n) is 6.73. The van der Waals surface area contributed by atoms with Gasteiger partial charge in [-0.25, -0.2) is 8.78 Å². The minimum atomic E-state index is -0.508. The van der Waals surface area contributed by atoms with Crippen LogP contribution in [0.2, 0.25) is 0 Å². The molecule has 0 heterocycles. The van der Waals surface area contributed by atoms with Gasteiger partial charge in [0.15, 0.2) is 0 Å². The molecule has 0 fully saturated rings. The number of rotatable bonds is 4. The lowest BCUT2D eigenvalue weighted by atomic mass is 10.0. The number of hydrogen-bond donors (Lipinski definition) is 1. The quantitative estimate of drug-likeness (QED) is 0.870. The second-order valence-corrected chi connectivity index (χ2v) is 5.10. The van der Waals surface area contributed by atoms with Gasteiger partial charge in [0.05, 0.1) is 0 Å². The molecule has 106 valence electrons. The molecule has 0 aliphatic rings. The number of benzene rings is 2. The first-order chi connectivity index (χ1) is 9.50. The molecule has 1 nitrogen and oxygen atoms in total. The number of aryl methyl sites for hydroxylation is 1. The van der Waals surface area contributed by atoms with Crippen molar-refractivity contribution in [1.82, 2.24) is 5.32 Å². The Hall–Kier alpha value is -1.74. The van der Waals surface area contributed by atoms with E-state index in [2.05, 4.69) is 25.2 Å². The summed E-state index contributed by atoms with van der Waals surface area (Å²) in [5.41, 5.74) is 3.67. The lowest BCUT2D eigenvalue weighted by Gasteiger charge is -2.17. The van der Waals surface area contributed by atoms with Crippen molar-refractivity contribution in [1.29, 1.82) is 0 Å². The Morgan fingerprint density at radius 1 is 1.00 bits per heavy atom. The monoisotopic (exact) mass is 275 g/mol. The largest absolute Gasteiger partial charge is 0.306 e. The SMILES string of the molecule is Cc1cccc(CNC(C)c2c(F)cccc2F)c1C. The van der Waals surface area contributed by atoms with Gasteiger partial charge in [-0.1, -0.05) is 24.3 Å². The average Bonchev–Trinajstić information content (AvgIpc) is 2.40. The fourth-order valence-corrected chi connectivity index (χ4v) is 2.29. The van der Waals surface area contributed by atoms with Gasteiger partial charge in [-0.15, -0.1) is 0 Å². The number of halogens is 2. The number of hydrogen-bond acceptors (Lipinski definition) is 1. The van der Waals surface area contributed by atoms with Crippen molar-refractivity contribution in [3.05, 3.63) is 70.3 Å². The summed E-state index contributed by atoms with van der Waals surface area (Å²) in [5, 5.41) is 3.18. The lowest BCUT2D eigenvalue weighted by Crippen LogP contribution is -2.21. The summed E-state index contributed by atoms with van der Waals surface area (Å²) < 4.78 is 27.4. The molecule has 0 radical (unpaired) electrons. The van der Waals surface area contributed by atoms with Crippen LogP contribution in [-0.2, 0) is 6.54 Å². The predicted octanol–water partition coefficient (Wildman–Crippen LogP) is 4.43. The van der Waals surface area contributed by atoms with E-state index in [-0.39, 0.29) is 11.6 Å². The van der Waals surface area contributed by atoms with Crippen LogP contribution in [0.15, 0.2) is 36.4 Å². The van der Waals surface area contributed by atoms with Gasteiger partial charge in [0.2, 0.25) is 0 Å². The van der Waals surface area contributed by atoms with Gasteiger partial charge in [-0.3, -0.25) is 0 Å². The third-order valence-electron chi connectivity index (χ3n) is 3.75. The minimum Gasteiger partial charge on any atom is -0.306 e. The highest BCUT2D eigenvalue weighted by Crippen LogP contribution is 2.21. The molecule has 0 spiro atoms. The van der Waals surface area contributed by atoms with E-state index in [9.17, 15) is 8.78 Å². The molecule has 0 saturated heterocycles. The van der Waals surface area contributed by atoms with Crippen LogP contribution in [0.25, 0.3) is 0 Å². The summed E-state index contributed by atoms with van der Waals surface area (Å²) in [6, 6.07) is 9.65. The maximum atomic E-state index is 13.7. The highest BCUT2D eigenvalue weighted by molar-refractivity contribution is 5.33. The highest BCUT2D eigenvalue weighted by atomic mass is 19.1. The first kappa shape index (κ1) is 14.7. The van der Waals surface area contributed by atoms with Gasteiger partial charge in [-0.05, 0) is 49.6 Å². The van der Waals surface area contributed by atoms with Gasteiger partial charge < -0.3 is 5.32 Å². The predicted molar refractivity (Wildman–Crippen MR) is 77.5 cm³/mol. The van der Waals surface area contributed by atoms with Crippen molar-refractivity contribution in [2.45, 2.75) is 33.4 Å². The maximum absolute atomic E-state index is 13.7. The van der Waals surface area contributed by atoms with Crippen LogP contribution in [0.3, 0.4) is 0 Å². The maximum Gasteiger partial charge on any atom is 0.130 e. The topological polar surface area (TPSA) is 12.0 Å². The van der Waals surface area contributed by atoms with E-state index in [4.69, 9.17) is 0 Å². The van der Waals surface area contributed by atoms with E-state index in [0.717, 1.165) is 5.56 Å². The average molecular weight is 275 g/mol. The van der Waals surface area contributed by atoms with Crippen LogP contribution in [0, 0.1) is 25.5 Å². The van der Waals surface area contributed by atoms with Crippen LogP contribution in [0.1, 0.15) is 35.2 Å². The molecule has 0 aliphatic heterocycles. The Morgan fingerprint density at radius 2 is 1.60 bits per heavy atom. The Bertz CT molecular complexity index is 588. The molecule has 1 unspecified atom stereocenters. The Kier molecular flexibility index (Phi) is 4.50. The molecule has 0 bridgehead atoms. The van der Waals surface area contributed by atoms with E-state index < -0.39 is 11.6 Å². The van der Waals surface area contributed by atoms with Crippen LogP contribution in [0.5, 0.6) is 0 Å². The second-order valence-electron chi connectivity index (χ2n) is 5.10.